The van der Waals surface area contributed by atoms with Gasteiger partial charge in [-0.25, -0.2) is 4.63 Å². The van der Waals surface area contributed by atoms with Crippen LogP contribution in [0.2, 0.25) is 0 Å². The Morgan fingerprint density at radius 1 is 1.35 bits per heavy atom. The number of hydrogen-bond donors (Lipinski definition) is 1. The molecule has 6 nitrogen and oxygen atoms in total. The van der Waals surface area contributed by atoms with Gasteiger partial charge in [-0.05, 0) is 14.0 Å². The van der Waals surface area contributed by atoms with Crippen LogP contribution in [0.25, 0.3) is 0 Å². The maximum Gasteiger partial charge on any atom is 0.122 e. The van der Waals surface area contributed by atoms with Gasteiger partial charge in [0.1, 0.15) is 11.4 Å². The Morgan fingerprint density at radius 3 is 2.65 bits per heavy atom. The molecule has 1 aromatic heterocycles. The molecule has 0 unspecified atom stereocenters. The van der Waals surface area contributed by atoms with Gasteiger partial charge in [0, 0.05) is 39.1 Å². The minimum atomic E-state index is -0.641. The molecule has 1 saturated heterocycles. The van der Waals surface area contributed by atoms with Gasteiger partial charge in [-0.3, -0.25) is 4.90 Å². The molecule has 0 amide bonds. The van der Waals surface area contributed by atoms with E-state index in [4.69, 9.17) is 4.74 Å². The molecule has 2 rings (SSSR count). The van der Waals surface area contributed by atoms with E-state index in [1.807, 2.05) is 18.9 Å². The average Bonchev–Trinajstić information content (AvgIpc) is 2.64. The molecule has 1 fully saturated rings. The standard InChI is InChI=1S/C11H19N3O3/c1-9-10(13-17-12-9)7-14(2)8-11(15)3-5-16-6-4-11/h15H,3-8H2,1-2H3. The van der Waals surface area contributed by atoms with Crippen molar-refractivity contribution in [2.24, 2.45) is 0 Å². The summed E-state index contributed by atoms with van der Waals surface area (Å²) in [5.41, 5.74) is 0.983. The van der Waals surface area contributed by atoms with Gasteiger partial charge in [0.05, 0.1) is 5.60 Å². The van der Waals surface area contributed by atoms with Crippen LogP contribution in [0, 0.1) is 6.92 Å². The van der Waals surface area contributed by atoms with Crippen molar-refractivity contribution in [2.75, 3.05) is 26.8 Å². The molecular weight excluding hydrogens is 222 g/mol. The van der Waals surface area contributed by atoms with Gasteiger partial charge in [-0.2, -0.15) is 0 Å². The van der Waals surface area contributed by atoms with Crippen LogP contribution in [0.1, 0.15) is 24.2 Å². The lowest BCUT2D eigenvalue weighted by Gasteiger charge is -2.35. The predicted octanol–water partition coefficient (Wildman–Crippen LogP) is 0.351. The van der Waals surface area contributed by atoms with Crippen molar-refractivity contribution in [1.82, 2.24) is 15.2 Å². The Hall–Kier alpha value is -0.980. The van der Waals surface area contributed by atoms with Gasteiger partial charge in [0.2, 0.25) is 0 Å². The molecule has 17 heavy (non-hydrogen) atoms. The molecule has 1 aromatic rings. The first kappa shape index (κ1) is 12.5. The van der Waals surface area contributed by atoms with Crippen molar-refractivity contribution >= 4 is 0 Å². The van der Waals surface area contributed by atoms with Crippen molar-refractivity contribution < 1.29 is 14.5 Å². The molecule has 1 aliphatic heterocycles. The van der Waals surface area contributed by atoms with Gasteiger partial charge in [0.15, 0.2) is 0 Å². The van der Waals surface area contributed by atoms with Crippen LogP contribution in [0.4, 0.5) is 0 Å². The maximum atomic E-state index is 10.4. The molecule has 0 radical (unpaired) electrons. The highest BCUT2D eigenvalue weighted by Crippen LogP contribution is 2.21. The summed E-state index contributed by atoms with van der Waals surface area (Å²) >= 11 is 0. The van der Waals surface area contributed by atoms with Crippen LogP contribution < -0.4 is 0 Å². The predicted molar refractivity (Wildman–Crippen MR) is 60.4 cm³/mol. The van der Waals surface area contributed by atoms with E-state index in [9.17, 15) is 5.11 Å². The lowest BCUT2D eigenvalue weighted by atomic mass is 9.94. The zero-order valence-corrected chi connectivity index (χ0v) is 10.3. The maximum absolute atomic E-state index is 10.4. The summed E-state index contributed by atoms with van der Waals surface area (Å²) in [5.74, 6) is 0. The Kier molecular flexibility index (Phi) is 3.76. The fourth-order valence-corrected chi connectivity index (χ4v) is 2.12. The van der Waals surface area contributed by atoms with Crippen LogP contribution in [0.15, 0.2) is 4.63 Å². The third-order valence-electron chi connectivity index (χ3n) is 3.15. The number of aromatic nitrogens is 2. The summed E-state index contributed by atoms with van der Waals surface area (Å²) in [6.45, 7) is 4.38. The van der Waals surface area contributed by atoms with Crippen molar-refractivity contribution in [3.63, 3.8) is 0 Å². The fourth-order valence-electron chi connectivity index (χ4n) is 2.12. The van der Waals surface area contributed by atoms with E-state index in [0.29, 0.717) is 39.1 Å². The summed E-state index contributed by atoms with van der Waals surface area (Å²) in [7, 11) is 1.96. The van der Waals surface area contributed by atoms with Gasteiger partial charge in [-0.15, -0.1) is 0 Å². The zero-order valence-electron chi connectivity index (χ0n) is 10.3. The smallest absolute Gasteiger partial charge is 0.122 e. The first-order valence-electron chi connectivity index (χ1n) is 5.86. The largest absolute Gasteiger partial charge is 0.388 e. The number of rotatable bonds is 4. The highest BCUT2D eigenvalue weighted by Gasteiger charge is 2.31. The lowest BCUT2D eigenvalue weighted by Crippen LogP contribution is -2.45. The molecule has 0 bridgehead atoms. The van der Waals surface area contributed by atoms with Crippen LogP contribution in [0.3, 0.4) is 0 Å². The number of hydrogen-bond acceptors (Lipinski definition) is 6. The minimum Gasteiger partial charge on any atom is -0.388 e. The fraction of sp³-hybridized carbons (Fsp3) is 0.818. The zero-order chi connectivity index (χ0) is 12.3. The number of nitrogens with zero attached hydrogens (tertiary/aromatic N) is 3. The van der Waals surface area contributed by atoms with Crippen LogP contribution in [-0.2, 0) is 11.3 Å². The van der Waals surface area contributed by atoms with Crippen molar-refractivity contribution in [3.05, 3.63) is 11.4 Å². The van der Waals surface area contributed by atoms with Gasteiger partial charge in [-0.1, -0.05) is 10.3 Å². The van der Waals surface area contributed by atoms with Gasteiger partial charge < -0.3 is 9.84 Å². The monoisotopic (exact) mass is 241 g/mol. The highest BCUT2D eigenvalue weighted by molar-refractivity contribution is 5.04. The Morgan fingerprint density at radius 2 is 2.06 bits per heavy atom. The van der Waals surface area contributed by atoms with E-state index < -0.39 is 5.60 Å². The summed E-state index contributed by atoms with van der Waals surface area (Å²) in [4.78, 5) is 2.04. The van der Waals surface area contributed by atoms with Crippen LogP contribution >= 0.6 is 0 Å². The first-order chi connectivity index (χ1) is 8.09. The molecule has 0 aliphatic carbocycles. The lowest BCUT2D eigenvalue weighted by molar-refractivity contribution is -0.0779. The third-order valence-corrected chi connectivity index (χ3v) is 3.15. The molecule has 0 saturated carbocycles. The SMILES string of the molecule is Cc1nonc1CN(C)CC1(O)CCOCC1. The van der Waals surface area contributed by atoms with E-state index in [-0.39, 0.29) is 0 Å². The summed E-state index contributed by atoms with van der Waals surface area (Å²) < 4.78 is 9.91. The molecule has 0 aromatic carbocycles. The summed E-state index contributed by atoms with van der Waals surface area (Å²) in [6.07, 6.45) is 1.38. The number of likely N-dealkylation sites (N-methyl/N-ethyl adjacent to an activating group) is 1. The normalized spacial score (nSPS) is 19.8. The van der Waals surface area contributed by atoms with E-state index in [1.165, 1.54) is 0 Å². The van der Waals surface area contributed by atoms with Crippen LogP contribution in [-0.4, -0.2) is 52.7 Å². The summed E-state index contributed by atoms with van der Waals surface area (Å²) in [5, 5.41) is 17.9. The summed E-state index contributed by atoms with van der Waals surface area (Å²) in [6, 6.07) is 0. The van der Waals surface area contributed by atoms with E-state index in [1.54, 1.807) is 0 Å². The van der Waals surface area contributed by atoms with E-state index in [0.717, 1.165) is 11.4 Å². The minimum absolute atomic E-state index is 0.614. The van der Waals surface area contributed by atoms with Crippen LogP contribution in [0.5, 0.6) is 0 Å². The molecule has 1 aliphatic rings. The Balaban J connectivity index is 1.88. The van der Waals surface area contributed by atoms with E-state index in [2.05, 4.69) is 14.9 Å². The van der Waals surface area contributed by atoms with Crippen molar-refractivity contribution in [2.45, 2.75) is 31.9 Å². The third kappa shape index (κ3) is 3.24. The Bertz CT molecular complexity index is 361. The molecule has 6 heteroatoms. The molecule has 96 valence electrons. The molecule has 1 N–H and O–H groups in total. The molecule has 2 heterocycles. The second kappa shape index (κ2) is 5.12. The number of ether oxygens (including phenoxy) is 1. The van der Waals surface area contributed by atoms with Crippen molar-refractivity contribution in [1.29, 1.82) is 0 Å². The molecule has 0 atom stereocenters. The number of aryl methyl sites for hydroxylation is 1. The average molecular weight is 241 g/mol. The topological polar surface area (TPSA) is 71.6 Å². The quantitative estimate of drug-likeness (QED) is 0.820. The number of aliphatic hydroxyl groups is 1. The second-order valence-corrected chi connectivity index (χ2v) is 4.81. The van der Waals surface area contributed by atoms with E-state index >= 15 is 0 Å². The van der Waals surface area contributed by atoms with Gasteiger partial charge in [0.25, 0.3) is 0 Å². The molecule has 0 spiro atoms. The highest BCUT2D eigenvalue weighted by atomic mass is 16.6. The second-order valence-electron chi connectivity index (χ2n) is 4.81. The molecular formula is C11H19N3O3. The van der Waals surface area contributed by atoms with Crippen molar-refractivity contribution in [3.8, 4) is 0 Å². The first-order valence-corrected chi connectivity index (χ1v) is 5.86. The Labute approximate surface area is 101 Å². The van der Waals surface area contributed by atoms with Gasteiger partial charge >= 0.3 is 0 Å².